The van der Waals surface area contributed by atoms with Crippen molar-refractivity contribution in [3.8, 4) is 0 Å². The number of nitrogens with one attached hydrogen (secondary N) is 1. The van der Waals surface area contributed by atoms with Gasteiger partial charge in [0.05, 0.1) is 11.4 Å². The van der Waals surface area contributed by atoms with Gasteiger partial charge in [-0.25, -0.2) is 4.39 Å². The number of nitrogen functional groups attached to an aromatic ring is 1. The number of hydrogen-bond acceptors (Lipinski definition) is 2. The van der Waals surface area contributed by atoms with Gasteiger partial charge >= 0.3 is 0 Å². The summed E-state index contributed by atoms with van der Waals surface area (Å²) in [5, 5.41) is 3.05. The molecule has 2 rings (SSSR count). The van der Waals surface area contributed by atoms with Crippen molar-refractivity contribution < 1.29 is 4.39 Å². The molecule has 0 atom stereocenters. The minimum atomic E-state index is -0.269. The molecular formula is C12H11FN2. The van der Waals surface area contributed by atoms with Crippen molar-refractivity contribution in [1.82, 2.24) is 0 Å². The molecule has 2 aromatic rings. The van der Waals surface area contributed by atoms with Crippen LogP contribution in [0.3, 0.4) is 0 Å². The van der Waals surface area contributed by atoms with Crippen LogP contribution in [0.25, 0.3) is 0 Å². The summed E-state index contributed by atoms with van der Waals surface area (Å²) in [6, 6.07) is 13.6. The van der Waals surface area contributed by atoms with E-state index in [2.05, 4.69) is 5.32 Å². The third-order valence-electron chi connectivity index (χ3n) is 2.06. The standard InChI is InChI=1S/C12H11FN2/c13-9-4-3-5-10(8-9)15-12-7-2-1-6-11(12)14/h1-8,15H,14H2. The second kappa shape index (κ2) is 4.00. The predicted octanol–water partition coefficient (Wildman–Crippen LogP) is 3.15. The average molecular weight is 202 g/mol. The largest absolute Gasteiger partial charge is 0.397 e. The second-order valence-electron chi connectivity index (χ2n) is 3.22. The van der Waals surface area contributed by atoms with Gasteiger partial charge in [-0.15, -0.1) is 0 Å². The van der Waals surface area contributed by atoms with Gasteiger partial charge in [-0.3, -0.25) is 0 Å². The Morgan fingerprint density at radius 3 is 2.53 bits per heavy atom. The van der Waals surface area contributed by atoms with Crippen LogP contribution in [0.1, 0.15) is 0 Å². The summed E-state index contributed by atoms with van der Waals surface area (Å²) < 4.78 is 12.9. The maximum absolute atomic E-state index is 12.9. The van der Waals surface area contributed by atoms with Crippen molar-refractivity contribution >= 4 is 17.1 Å². The fourth-order valence-corrected chi connectivity index (χ4v) is 1.33. The van der Waals surface area contributed by atoms with Gasteiger partial charge in [0.25, 0.3) is 0 Å². The van der Waals surface area contributed by atoms with Crippen molar-refractivity contribution in [2.45, 2.75) is 0 Å². The maximum atomic E-state index is 12.9. The zero-order valence-corrected chi connectivity index (χ0v) is 8.07. The highest BCUT2D eigenvalue weighted by molar-refractivity contribution is 5.72. The molecule has 0 aliphatic carbocycles. The molecule has 15 heavy (non-hydrogen) atoms. The van der Waals surface area contributed by atoms with Crippen LogP contribution >= 0.6 is 0 Å². The SMILES string of the molecule is Nc1ccccc1Nc1cccc(F)c1. The van der Waals surface area contributed by atoms with Crippen LogP contribution in [-0.4, -0.2) is 0 Å². The number of anilines is 3. The summed E-state index contributed by atoms with van der Waals surface area (Å²) in [6.07, 6.45) is 0. The lowest BCUT2D eigenvalue weighted by Gasteiger charge is -2.08. The van der Waals surface area contributed by atoms with E-state index in [0.29, 0.717) is 11.4 Å². The smallest absolute Gasteiger partial charge is 0.125 e. The third-order valence-corrected chi connectivity index (χ3v) is 2.06. The minimum Gasteiger partial charge on any atom is -0.397 e. The molecule has 2 nitrogen and oxygen atoms in total. The monoisotopic (exact) mass is 202 g/mol. The first kappa shape index (κ1) is 9.52. The van der Waals surface area contributed by atoms with E-state index in [-0.39, 0.29) is 5.82 Å². The van der Waals surface area contributed by atoms with E-state index < -0.39 is 0 Å². The number of para-hydroxylation sites is 2. The molecule has 0 unspecified atom stereocenters. The van der Waals surface area contributed by atoms with Crippen LogP contribution in [0.2, 0.25) is 0 Å². The predicted molar refractivity (Wildman–Crippen MR) is 60.5 cm³/mol. The second-order valence-corrected chi connectivity index (χ2v) is 3.22. The Morgan fingerprint density at radius 2 is 1.80 bits per heavy atom. The van der Waals surface area contributed by atoms with E-state index in [0.717, 1.165) is 5.69 Å². The quantitative estimate of drug-likeness (QED) is 0.734. The molecule has 0 amide bonds. The van der Waals surface area contributed by atoms with Crippen LogP contribution in [0.15, 0.2) is 48.5 Å². The summed E-state index contributed by atoms with van der Waals surface area (Å²) in [6.45, 7) is 0. The van der Waals surface area contributed by atoms with Crippen LogP contribution in [0.4, 0.5) is 21.5 Å². The van der Waals surface area contributed by atoms with Crippen LogP contribution < -0.4 is 11.1 Å². The van der Waals surface area contributed by atoms with Crippen LogP contribution in [0, 0.1) is 5.82 Å². The highest BCUT2D eigenvalue weighted by Crippen LogP contribution is 2.22. The van der Waals surface area contributed by atoms with Crippen LogP contribution in [0.5, 0.6) is 0 Å². The molecule has 3 heteroatoms. The summed E-state index contributed by atoms with van der Waals surface area (Å²) in [4.78, 5) is 0. The summed E-state index contributed by atoms with van der Waals surface area (Å²) >= 11 is 0. The van der Waals surface area contributed by atoms with Gasteiger partial charge in [0, 0.05) is 5.69 Å². The minimum absolute atomic E-state index is 0.269. The molecule has 76 valence electrons. The van der Waals surface area contributed by atoms with E-state index in [4.69, 9.17) is 5.73 Å². The molecular weight excluding hydrogens is 191 g/mol. The Morgan fingerprint density at radius 1 is 1.00 bits per heavy atom. The normalized spacial score (nSPS) is 9.93. The molecule has 0 bridgehead atoms. The Labute approximate surface area is 87.5 Å². The van der Waals surface area contributed by atoms with Gasteiger partial charge in [-0.2, -0.15) is 0 Å². The average Bonchev–Trinajstić information content (AvgIpc) is 2.22. The van der Waals surface area contributed by atoms with Crippen molar-refractivity contribution in [3.05, 3.63) is 54.3 Å². The number of hydrogen-bond donors (Lipinski definition) is 2. The Hall–Kier alpha value is -2.03. The van der Waals surface area contributed by atoms with Gasteiger partial charge in [0.2, 0.25) is 0 Å². The molecule has 3 N–H and O–H groups in total. The number of nitrogens with two attached hydrogens (primary N) is 1. The topological polar surface area (TPSA) is 38.0 Å². The fraction of sp³-hybridized carbons (Fsp3) is 0. The highest BCUT2D eigenvalue weighted by Gasteiger charge is 1.98. The summed E-state index contributed by atoms with van der Waals surface area (Å²) in [5.41, 5.74) is 7.86. The Balaban J connectivity index is 2.26. The lowest BCUT2D eigenvalue weighted by Crippen LogP contribution is -1.95. The lowest BCUT2D eigenvalue weighted by molar-refractivity contribution is 0.628. The number of rotatable bonds is 2. The van der Waals surface area contributed by atoms with Crippen molar-refractivity contribution in [3.63, 3.8) is 0 Å². The van der Waals surface area contributed by atoms with Crippen molar-refractivity contribution in [2.24, 2.45) is 0 Å². The zero-order valence-electron chi connectivity index (χ0n) is 8.07. The first-order valence-corrected chi connectivity index (χ1v) is 4.63. The van der Waals surface area contributed by atoms with Crippen molar-refractivity contribution in [2.75, 3.05) is 11.1 Å². The summed E-state index contributed by atoms with van der Waals surface area (Å²) in [5.74, 6) is -0.269. The first-order chi connectivity index (χ1) is 7.25. The Bertz CT molecular complexity index is 469. The zero-order chi connectivity index (χ0) is 10.7. The maximum Gasteiger partial charge on any atom is 0.125 e. The molecule has 0 radical (unpaired) electrons. The molecule has 0 aromatic heterocycles. The molecule has 0 aliphatic heterocycles. The third kappa shape index (κ3) is 2.26. The van der Waals surface area contributed by atoms with Crippen LogP contribution in [-0.2, 0) is 0 Å². The number of benzene rings is 2. The molecule has 2 aromatic carbocycles. The van der Waals surface area contributed by atoms with E-state index in [9.17, 15) is 4.39 Å². The first-order valence-electron chi connectivity index (χ1n) is 4.63. The molecule has 0 fully saturated rings. The van der Waals surface area contributed by atoms with E-state index in [1.54, 1.807) is 18.2 Å². The van der Waals surface area contributed by atoms with E-state index >= 15 is 0 Å². The Kier molecular flexibility index (Phi) is 2.54. The molecule has 0 saturated carbocycles. The molecule has 0 heterocycles. The van der Waals surface area contributed by atoms with Gasteiger partial charge in [-0.1, -0.05) is 18.2 Å². The highest BCUT2D eigenvalue weighted by atomic mass is 19.1. The van der Waals surface area contributed by atoms with Gasteiger partial charge in [0.15, 0.2) is 0 Å². The van der Waals surface area contributed by atoms with Gasteiger partial charge < -0.3 is 11.1 Å². The fourth-order valence-electron chi connectivity index (χ4n) is 1.33. The number of halogens is 1. The lowest BCUT2D eigenvalue weighted by atomic mass is 10.2. The van der Waals surface area contributed by atoms with Gasteiger partial charge in [0.1, 0.15) is 5.82 Å². The molecule has 0 spiro atoms. The molecule has 0 saturated heterocycles. The molecule has 0 aliphatic rings. The van der Waals surface area contributed by atoms with Gasteiger partial charge in [-0.05, 0) is 30.3 Å². The van der Waals surface area contributed by atoms with E-state index in [1.807, 2.05) is 18.2 Å². The van der Waals surface area contributed by atoms with E-state index in [1.165, 1.54) is 12.1 Å². The van der Waals surface area contributed by atoms with Crippen molar-refractivity contribution in [1.29, 1.82) is 0 Å². The summed E-state index contributed by atoms with van der Waals surface area (Å²) in [7, 11) is 0.